The molecule has 0 N–H and O–H groups in total. The first-order valence-corrected chi connectivity index (χ1v) is 5.26. The van der Waals surface area contributed by atoms with Crippen LogP contribution in [0.1, 0.15) is 20.3 Å². The van der Waals surface area contributed by atoms with E-state index in [9.17, 15) is 18.0 Å². The zero-order chi connectivity index (χ0) is 12.3. The molecule has 0 aliphatic carbocycles. The number of nitrogens with zero attached hydrogens (tertiary/aromatic N) is 1. The molecule has 94 valence electrons. The van der Waals surface area contributed by atoms with Crippen molar-refractivity contribution in [1.82, 2.24) is 4.90 Å². The largest absolute Gasteiger partial charge is 0.440 e. The SMILES string of the molecule is CC1CC(C)CN(C(=O)OCC(F)(F)F)C1. The summed E-state index contributed by atoms with van der Waals surface area (Å²) < 4.78 is 39.7. The number of carbonyl (C=O) groups excluding carboxylic acids is 1. The molecule has 1 saturated heterocycles. The van der Waals surface area contributed by atoms with Crippen molar-refractivity contribution >= 4 is 6.09 Å². The maximum absolute atomic E-state index is 11.8. The molecule has 1 fully saturated rings. The smallest absolute Gasteiger partial charge is 0.422 e. The second kappa shape index (κ2) is 4.93. The Morgan fingerprint density at radius 2 is 1.81 bits per heavy atom. The van der Waals surface area contributed by atoms with E-state index in [1.165, 1.54) is 4.90 Å². The third-order valence-corrected chi connectivity index (χ3v) is 2.49. The van der Waals surface area contributed by atoms with Crippen LogP contribution in [0.4, 0.5) is 18.0 Å². The van der Waals surface area contributed by atoms with Gasteiger partial charge in [-0.15, -0.1) is 0 Å². The molecule has 2 unspecified atom stereocenters. The maximum Gasteiger partial charge on any atom is 0.422 e. The van der Waals surface area contributed by atoms with Crippen molar-refractivity contribution < 1.29 is 22.7 Å². The van der Waals surface area contributed by atoms with Crippen molar-refractivity contribution in [2.45, 2.75) is 26.4 Å². The number of hydrogen-bond acceptors (Lipinski definition) is 2. The Morgan fingerprint density at radius 1 is 1.31 bits per heavy atom. The van der Waals surface area contributed by atoms with Crippen LogP contribution >= 0.6 is 0 Å². The first-order valence-electron chi connectivity index (χ1n) is 5.26. The zero-order valence-electron chi connectivity index (χ0n) is 9.38. The monoisotopic (exact) mass is 239 g/mol. The summed E-state index contributed by atoms with van der Waals surface area (Å²) in [5.41, 5.74) is 0. The van der Waals surface area contributed by atoms with Crippen LogP contribution in [0, 0.1) is 11.8 Å². The van der Waals surface area contributed by atoms with E-state index in [4.69, 9.17) is 0 Å². The van der Waals surface area contributed by atoms with Crippen molar-refractivity contribution in [3.05, 3.63) is 0 Å². The average molecular weight is 239 g/mol. The number of halogens is 3. The Labute approximate surface area is 92.5 Å². The van der Waals surface area contributed by atoms with Crippen LogP contribution in [-0.2, 0) is 4.74 Å². The van der Waals surface area contributed by atoms with Crippen molar-refractivity contribution in [2.75, 3.05) is 19.7 Å². The molecule has 1 aliphatic rings. The third-order valence-electron chi connectivity index (χ3n) is 2.49. The molecular formula is C10H16F3NO2. The highest BCUT2D eigenvalue weighted by Gasteiger charge is 2.32. The molecule has 0 spiro atoms. The highest BCUT2D eigenvalue weighted by molar-refractivity contribution is 5.67. The summed E-state index contributed by atoms with van der Waals surface area (Å²) in [6.45, 7) is 3.38. The molecule has 1 rings (SSSR count). The van der Waals surface area contributed by atoms with Crippen molar-refractivity contribution in [2.24, 2.45) is 11.8 Å². The predicted molar refractivity (Wildman–Crippen MR) is 51.9 cm³/mol. The molecule has 16 heavy (non-hydrogen) atoms. The van der Waals surface area contributed by atoms with Gasteiger partial charge in [-0.1, -0.05) is 13.8 Å². The van der Waals surface area contributed by atoms with Crippen molar-refractivity contribution in [1.29, 1.82) is 0 Å². The van der Waals surface area contributed by atoms with Gasteiger partial charge in [-0.25, -0.2) is 4.79 Å². The van der Waals surface area contributed by atoms with Crippen LogP contribution in [0.25, 0.3) is 0 Å². The molecule has 0 radical (unpaired) electrons. The van der Waals surface area contributed by atoms with Crippen LogP contribution in [0.3, 0.4) is 0 Å². The van der Waals surface area contributed by atoms with Gasteiger partial charge in [0.2, 0.25) is 0 Å². The Kier molecular flexibility index (Phi) is 4.04. The number of amides is 1. The molecule has 2 atom stereocenters. The lowest BCUT2D eigenvalue weighted by Crippen LogP contribution is -2.43. The summed E-state index contributed by atoms with van der Waals surface area (Å²) in [7, 11) is 0. The standard InChI is InChI=1S/C10H16F3NO2/c1-7-3-8(2)5-14(4-7)9(15)16-6-10(11,12)13/h7-8H,3-6H2,1-2H3. The van der Waals surface area contributed by atoms with E-state index in [1.807, 2.05) is 13.8 Å². The topological polar surface area (TPSA) is 29.5 Å². The summed E-state index contributed by atoms with van der Waals surface area (Å²) in [5, 5.41) is 0. The normalized spacial score (nSPS) is 26.7. The lowest BCUT2D eigenvalue weighted by Gasteiger charge is -2.34. The van der Waals surface area contributed by atoms with Crippen LogP contribution in [-0.4, -0.2) is 36.9 Å². The van der Waals surface area contributed by atoms with E-state index in [0.29, 0.717) is 24.9 Å². The zero-order valence-corrected chi connectivity index (χ0v) is 9.38. The highest BCUT2D eigenvalue weighted by Crippen LogP contribution is 2.22. The molecular weight excluding hydrogens is 223 g/mol. The molecule has 1 amide bonds. The Morgan fingerprint density at radius 3 is 2.25 bits per heavy atom. The van der Waals surface area contributed by atoms with E-state index in [0.717, 1.165) is 6.42 Å². The van der Waals surface area contributed by atoms with Gasteiger partial charge in [-0.3, -0.25) is 0 Å². The van der Waals surface area contributed by atoms with E-state index < -0.39 is 18.9 Å². The molecule has 0 aromatic carbocycles. The number of likely N-dealkylation sites (tertiary alicyclic amines) is 1. The Bertz CT molecular complexity index is 245. The first kappa shape index (κ1) is 13.1. The molecule has 1 heterocycles. The van der Waals surface area contributed by atoms with Gasteiger partial charge < -0.3 is 9.64 Å². The average Bonchev–Trinajstić information content (AvgIpc) is 2.11. The lowest BCUT2D eigenvalue weighted by atomic mass is 9.92. The van der Waals surface area contributed by atoms with E-state index in [1.54, 1.807) is 0 Å². The van der Waals surface area contributed by atoms with Crippen molar-refractivity contribution in [3.63, 3.8) is 0 Å². The van der Waals surface area contributed by atoms with E-state index in [2.05, 4.69) is 4.74 Å². The molecule has 0 bridgehead atoms. The molecule has 6 heteroatoms. The summed E-state index contributed by atoms with van der Waals surface area (Å²) in [6.07, 6.45) is -4.33. The van der Waals surface area contributed by atoms with E-state index >= 15 is 0 Å². The van der Waals surface area contributed by atoms with Crippen LogP contribution < -0.4 is 0 Å². The molecule has 1 aliphatic heterocycles. The number of carbonyl (C=O) groups is 1. The third kappa shape index (κ3) is 4.28. The number of hydrogen-bond donors (Lipinski definition) is 0. The predicted octanol–water partition coefficient (Wildman–Crippen LogP) is 2.66. The Hall–Kier alpha value is -0.940. The molecule has 3 nitrogen and oxygen atoms in total. The molecule has 0 aromatic heterocycles. The maximum atomic E-state index is 11.8. The van der Waals surface area contributed by atoms with Gasteiger partial charge in [-0.05, 0) is 18.3 Å². The number of piperidine rings is 1. The fraction of sp³-hybridized carbons (Fsp3) is 0.900. The fourth-order valence-electron chi connectivity index (χ4n) is 2.05. The quantitative estimate of drug-likeness (QED) is 0.704. The highest BCUT2D eigenvalue weighted by atomic mass is 19.4. The van der Waals surface area contributed by atoms with Gasteiger partial charge in [0.1, 0.15) is 0 Å². The van der Waals surface area contributed by atoms with Gasteiger partial charge >= 0.3 is 12.3 Å². The van der Waals surface area contributed by atoms with Gasteiger partial charge in [0.05, 0.1) is 0 Å². The summed E-state index contributed by atoms with van der Waals surface area (Å²) in [5.74, 6) is 0.615. The summed E-state index contributed by atoms with van der Waals surface area (Å²) >= 11 is 0. The first-order chi connectivity index (χ1) is 7.28. The molecule has 0 saturated carbocycles. The van der Waals surface area contributed by atoms with Crippen LogP contribution in [0.15, 0.2) is 0 Å². The Balaban J connectivity index is 2.41. The van der Waals surface area contributed by atoms with Gasteiger partial charge in [0.15, 0.2) is 6.61 Å². The van der Waals surface area contributed by atoms with Gasteiger partial charge in [-0.2, -0.15) is 13.2 Å². The van der Waals surface area contributed by atoms with Crippen LogP contribution in [0.2, 0.25) is 0 Å². The minimum absolute atomic E-state index is 0.308. The minimum Gasteiger partial charge on any atom is -0.440 e. The van der Waals surface area contributed by atoms with Crippen LogP contribution in [0.5, 0.6) is 0 Å². The number of rotatable bonds is 1. The van der Waals surface area contributed by atoms with Crippen molar-refractivity contribution in [3.8, 4) is 0 Å². The second-order valence-corrected chi connectivity index (χ2v) is 4.52. The van der Waals surface area contributed by atoms with E-state index in [-0.39, 0.29) is 0 Å². The fourth-order valence-corrected chi connectivity index (χ4v) is 2.05. The second-order valence-electron chi connectivity index (χ2n) is 4.52. The van der Waals surface area contributed by atoms with Gasteiger partial charge in [0.25, 0.3) is 0 Å². The summed E-state index contributed by atoms with van der Waals surface area (Å²) in [6, 6.07) is 0. The lowest BCUT2D eigenvalue weighted by molar-refractivity contribution is -0.162. The molecule has 0 aromatic rings. The number of alkyl halides is 3. The summed E-state index contributed by atoms with van der Waals surface area (Å²) in [4.78, 5) is 12.7. The number of ether oxygens (including phenoxy) is 1. The minimum atomic E-state index is -4.46. The van der Waals surface area contributed by atoms with Gasteiger partial charge in [0, 0.05) is 13.1 Å².